The normalized spacial score (nSPS) is 16.4. The van der Waals surface area contributed by atoms with Crippen molar-refractivity contribution in [2.24, 2.45) is 7.05 Å². The Balaban J connectivity index is 1.84. The van der Waals surface area contributed by atoms with Crippen LogP contribution in [0.15, 0.2) is 30.5 Å². The second-order valence-electron chi connectivity index (χ2n) is 6.98. The number of carbonyl (C=O) groups excluding carboxylic acids is 1. The number of aromatic nitrogens is 2. The van der Waals surface area contributed by atoms with Gasteiger partial charge < -0.3 is 10.1 Å². The van der Waals surface area contributed by atoms with Gasteiger partial charge in [0.05, 0.1) is 18.1 Å². The fourth-order valence-corrected chi connectivity index (χ4v) is 4.04. The first-order chi connectivity index (χ1) is 12.1. The Morgan fingerprint density at radius 3 is 2.68 bits per heavy atom. The Kier molecular flexibility index (Phi) is 5.11. The number of methoxy groups -OCH3 is 1. The van der Waals surface area contributed by atoms with E-state index in [0.29, 0.717) is 12.4 Å². The third-order valence-electron chi connectivity index (χ3n) is 5.30. The van der Waals surface area contributed by atoms with Gasteiger partial charge in [0.15, 0.2) is 0 Å². The molecule has 1 aromatic heterocycles. The predicted octanol–water partition coefficient (Wildman–Crippen LogP) is 3.26. The SMILES string of the molecule is COc1nn(C)cc1CNC(=O)C1(c2ccccc2C)CCCCC1. The Morgan fingerprint density at radius 2 is 2.00 bits per heavy atom. The van der Waals surface area contributed by atoms with E-state index >= 15 is 0 Å². The molecule has 0 bridgehead atoms. The van der Waals surface area contributed by atoms with Crippen LogP contribution >= 0.6 is 0 Å². The van der Waals surface area contributed by atoms with Crippen LogP contribution in [0.3, 0.4) is 0 Å². The minimum atomic E-state index is -0.418. The predicted molar refractivity (Wildman–Crippen MR) is 97.5 cm³/mol. The summed E-state index contributed by atoms with van der Waals surface area (Å²) in [6.45, 7) is 2.53. The maximum atomic E-state index is 13.3. The summed E-state index contributed by atoms with van der Waals surface area (Å²) in [4.78, 5) is 13.3. The minimum Gasteiger partial charge on any atom is -0.480 e. The molecular weight excluding hydrogens is 314 g/mol. The first-order valence-corrected chi connectivity index (χ1v) is 8.98. The zero-order chi connectivity index (χ0) is 17.9. The summed E-state index contributed by atoms with van der Waals surface area (Å²) in [5.74, 6) is 0.684. The maximum absolute atomic E-state index is 13.3. The number of aryl methyl sites for hydroxylation is 2. The average Bonchev–Trinajstić information content (AvgIpc) is 3.00. The molecule has 1 amide bonds. The summed E-state index contributed by atoms with van der Waals surface area (Å²) in [6.07, 6.45) is 7.11. The van der Waals surface area contributed by atoms with Crippen LogP contribution in [-0.2, 0) is 23.8 Å². The third-order valence-corrected chi connectivity index (χ3v) is 5.30. The quantitative estimate of drug-likeness (QED) is 0.908. The topological polar surface area (TPSA) is 56.1 Å². The van der Waals surface area contributed by atoms with Crippen LogP contribution in [-0.4, -0.2) is 22.8 Å². The highest BCUT2D eigenvalue weighted by Crippen LogP contribution is 2.41. The second kappa shape index (κ2) is 7.30. The summed E-state index contributed by atoms with van der Waals surface area (Å²) >= 11 is 0. The van der Waals surface area contributed by atoms with Gasteiger partial charge in [-0.2, -0.15) is 0 Å². The van der Waals surface area contributed by atoms with Gasteiger partial charge in [0.2, 0.25) is 11.8 Å². The van der Waals surface area contributed by atoms with E-state index in [1.807, 2.05) is 25.4 Å². The van der Waals surface area contributed by atoms with Crippen LogP contribution in [0.4, 0.5) is 0 Å². The van der Waals surface area contributed by atoms with Gasteiger partial charge in [-0.1, -0.05) is 43.5 Å². The van der Waals surface area contributed by atoms with Crippen molar-refractivity contribution in [3.8, 4) is 5.88 Å². The number of ether oxygens (including phenoxy) is 1. The molecule has 1 aromatic carbocycles. The molecule has 0 atom stereocenters. The van der Waals surface area contributed by atoms with Crippen LogP contribution < -0.4 is 10.1 Å². The Bertz CT molecular complexity index is 745. The number of nitrogens with one attached hydrogen (secondary N) is 1. The van der Waals surface area contributed by atoms with Gasteiger partial charge in [-0.05, 0) is 30.9 Å². The number of rotatable bonds is 5. The van der Waals surface area contributed by atoms with Gasteiger partial charge in [-0.25, -0.2) is 0 Å². The van der Waals surface area contributed by atoms with Gasteiger partial charge in [0, 0.05) is 19.8 Å². The minimum absolute atomic E-state index is 0.118. The first kappa shape index (κ1) is 17.5. The van der Waals surface area contributed by atoms with Crippen molar-refractivity contribution in [3.05, 3.63) is 47.2 Å². The van der Waals surface area contributed by atoms with E-state index in [2.05, 4.69) is 29.5 Å². The summed E-state index contributed by atoms with van der Waals surface area (Å²) in [6, 6.07) is 8.29. The monoisotopic (exact) mass is 341 g/mol. The molecule has 1 heterocycles. The lowest BCUT2D eigenvalue weighted by molar-refractivity contribution is -0.128. The lowest BCUT2D eigenvalue weighted by Gasteiger charge is -2.37. The highest BCUT2D eigenvalue weighted by molar-refractivity contribution is 5.88. The van der Waals surface area contributed by atoms with Crippen molar-refractivity contribution in [2.45, 2.75) is 51.0 Å². The molecule has 1 aliphatic carbocycles. The average molecular weight is 341 g/mol. The largest absolute Gasteiger partial charge is 0.480 e. The lowest BCUT2D eigenvalue weighted by atomic mass is 9.67. The van der Waals surface area contributed by atoms with E-state index in [1.54, 1.807) is 11.8 Å². The summed E-state index contributed by atoms with van der Waals surface area (Å²) in [5, 5.41) is 7.40. The van der Waals surface area contributed by atoms with E-state index in [0.717, 1.165) is 31.2 Å². The maximum Gasteiger partial charge on any atom is 0.237 e. The number of hydrogen-bond donors (Lipinski definition) is 1. The summed E-state index contributed by atoms with van der Waals surface area (Å²) in [5.41, 5.74) is 2.84. The van der Waals surface area contributed by atoms with Crippen molar-refractivity contribution in [2.75, 3.05) is 7.11 Å². The number of nitrogens with zero attached hydrogens (tertiary/aromatic N) is 2. The molecule has 25 heavy (non-hydrogen) atoms. The standard InChI is InChI=1S/C20H27N3O2/c1-15-9-5-6-10-17(15)20(11-7-4-8-12-20)19(24)21-13-16-14-23(2)22-18(16)25-3/h5-6,9-10,14H,4,7-8,11-13H2,1-3H3,(H,21,24). The highest BCUT2D eigenvalue weighted by Gasteiger charge is 2.41. The molecule has 0 spiro atoms. The van der Waals surface area contributed by atoms with Crippen LogP contribution in [0.25, 0.3) is 0 Å². The van der Waals surface area contributed by atoms with Crippen molar-refractivity contribution in [1.82, 2.24) is 15.1 Å². The molecule has 5 nitrogen and oxygen atoms in total. The highest BCUT2D eigenvalue weighted by atomic mass is 16.5. The van der Waals surface area contributed by atoms with Crippen LogP contribution in [0, 0.1) is 6.92 Å². The molecule has 1 N–H and O–H groups in total. The third kappa shape index (κ3) is 3.41. The van der Waals surface area contributed by atoms with E-state index in [-0.39, 0.29) is 5.91 Å². The van der Waals surface area contributed by atoms with Gasteiger partial charge in [0.25, 0.3) is 0 Å². The van der Waals surface area contributed by atoms with Gasteiger partial charge in [-0.3, -0.25) is 9.48 Å². The smallest absolute Gasteiger partial charge is 0.237 e. The van der Waals surface area contributed by atoms with Crippen molar-refractivity contribution >= 4 is 5.91 Å². The number of hydrogen-bond acceptors (Lipinski definition) is 3. The van der Waals surface area contributed by atoms with Crippen LogP contribution in [0.5, 0.6) is 5.88 Å². The van der Waals surface area contributed by atoms with Crippen LogP contribution in [0.2, 0.25) is 0 Å². The van der Waals surface area contributed by atoms with E-state index < -0.39 is 5.41 Å². The Morgan fingerprint density at radius 1 is 1.28 bits per heavy atom. The fraction of sp³-hybridized carbons (Fsp3) is 0.500. The first-order valence-electron chi connectivity index (χ1n) is 8.98. The molecule has 1 fully saturated rings. The molecule has 0 radical (unpaired) electrons. The second-order valence-corrected chi connectivity index (χ2v) is 6.98. The molecule has 0 saturated heterocycles. The number of carbonyl (C=O) groups is 1. The van der Waals surface area contributed by atoms with Crippen molar-refractivity contribution in [1.29, 1.82) is 0 Å². The molecule has 0 aliphatic heterocycles. The molecule has 3 rings (SSSR count). The van der Waals surface area contributed by atoms with Crippen molar-refractivity contribution < 1.29 is 9.53 Å². The fourth-order valence-electron chi connectivity index (χ4n) is 4.04. The number of benzene rings is 1. The van der Waals surface area contributed by atoms with Crippen molar-refractivity contribution in [3.63, 3.8) is 0 Å². The molecular formula is C20H27N3O2. The molecule has 0 unspecified atom stereocenters. The van der Waals surface area contributed by atoms with Gasteiger partial charge in [0.1, 0.15) is 0 Å². The van der Waals surface area contributed by atoms with E-state index in [9.17, 15) is 4.79 Å². The number of amides is 1. The van der Waals surface area contributed by atoms with Crippen LogP contribution in [0.1, 0.15) is 48.8 Å². The summed E-state index contributed by atoms with van der Waals surface area (Å²) in [7, 11) is 3.45. The molecule has 1 aliphatic rings. The van der Waals surface area contributed by atoms with E-state index in [4.69, 9.17) is 4.74 Å². The molecule has 2 aromatic rings. The molecule has 134 valence electrons. The van der Waals surface area contributed by atoms with Gasteiger partial charge in [-0.15, -0.1) is 5.10 Å². The zero-order valence-electron chi connectivity index (χ0n) is 15.3. The molecule has 5 heteroatoms. The van der Waals surface area contributed by atoms with E-state index in [1.165, 1.54) is 17.5 Å². The summed E-state index contributed by atoms with van der Waals surface area (Å²) < 4.78 is 7.00. The Labute approximate surface area is 149 Å². The lowest BCUT2D eigenvalue weighted by Crippen LogP contribution is -2.46. The zero-order valence-corrected chi connectivity index (χ0v) is 15.3. The van der Waals surface area contributed by atoms with Gasteiger partial charge >= 0.3 is 0 Å². The Hall–Kier alpha value is -2.30. The molecule has 1 saturated carbocycles.